The van der Waals surface area contributed by atoms with E-state index in [1.54, 1.807) is 76.5 Å². The SMILES string of the molecule is COc1ccc(-c2cc(=O)n3cc(N4CCC(N)CC4)ccc3n2)cc1OC.COc1ccc(-c2cc(=O)n3cc(N4C[C@H]5CNC[C@H]5C4)ccc3n2)cc1OC.Cc1nc2ccc(-c3cc(=O)n4cc(N5CCNCC5)ccc4n3)cn2c1C.O=c1cc(-c2cnc3[nH]ccc3c2)nc2ccc(N3CCNCC3)cn12. The van der Waals surface area contributed by atoms with Crippen molar-refractivity contribution >= 4 is 62.0 Å². The van der Waals surface area contributed by atoms with Gasteiger partial charge in [-0.05, 0) is 148 Å². The fraction of sp³-hybridized carbons (Fsp3) is 0.301. The molecule has 0 saturated carbocycles. The Morgan fingerprint density at radius 2 is 0.793 bits per heavy atom. The number of aromatic amines is 1. The van der Waals surface area contributed by atoms with Crippen LogP contribution in [0.3, 0.4) is 0 Å². The van der Waals surface area contributed by atoms with Crippen molar-refractivity contribution in [1.82, 2.24) is 72.8 Å². The van der Waals surface area contributed by atoms with Crippen LogP contribution in [0.25, 0.3) is 84.3 Å². The number of benzene rings is 2. The highest BCUT2D eigenvalue weighted by Gasteiger charge is 2.36. The molecule has 28 nitrogen and oxygen atoms in total. The lowest BCUT2D eigenvalue weighted by Gasteiger charge is -2.32. The van der Waals surface area contributed by atoms with Crippen molar-refractivity contribution in [1.29, 1.82) is 0 Å². The van der Waals surface area contributed by atoms with E-state index in [1.807, 2.05) is 159 Å². The van der Waals surface area contributed by atoms with Gasteiger partial charge in [-0.25, -0.2) is 29.9 Å². The Bertz CT molecular complexity index is 6040. The van der Waals surface area contributed by atoms with Crippen LogP contribution in [0.5, 0.6) is 23.0 Å². The molecule has 12 aromatic heterocycles. The number of nitrogens with two attached hydrogens (primary N) is 1. The number of nitrogens with one attached hydrogen (secondary N) is 4. The number of imidazole rings is 1. The van der Waals surface area contributed by atoms with E-state index in [-0.39, 0.29) is 28.3 Å². The van der Waals surface area contributed by atoms with E-state index >= 15 is 0 Å². The lowest BCUT2D eigenvalue weighted by atomic mass is 10.0. The van der Waals surface area contributed by atoms with Crippen molar-refractivity contribution in [2.45, 2.75) is 32.7 Å². The number of anilines is 4. The summed E-state index contributed by atoms with van der Waals surface area (Å²) in [5, 5.41) is 11.1. The Hall–Kier alpha value is -12.5. The standard InChI is InChI=1S/C22H24N4O3.C21H22N6O.C21H24N4O3.C19H18N6O/c1-28-19-5-3-14(7-20(19)29-2)18-8-22(27)26-13-17(4-6-21(26)24-18)25-11-15-9-23-10-16(15)12-25;1-14-15(2)26-12-16(3-5-19(26)23-14)18-11-21(28)27-13-17(4-6-20(27)24-18)25-9-7-22-8-10-25;1-27-18-5-3-14(11-19(18)28-2)17-12-21(26)25-13-16(4-6-20(25)23-17)24-9-7-15(22)8-10-24;26-18-10-16(14-9-13-3-4-21-19(13)22-11-14)23-17-2-1-15(12-25(17)18)24-7-5-20-6-8-24/h3-8,13,15-16,23H,9-12H2,1-2H3;3-6,11-13,22H,7-10H2,1-2H3;3-6,11-13,15H,7-10,22H2,1-2H3;1-4,9-12,20H,5-8H2,(H,21,22)/t15-,16+;;;. The van der Waals surface area contributed by atoms with Gasteiger partial charge in [0.1, 0.15) is 33.9 Å². The number of rotatable bonds is 12. The normalized spacial score (nSPS) is 16.5. The third-order valence-corrected chi connectivity index (χ3v) is 21.6. The predicted octanol–water partition coefficient (Wildman–Crippen LogP) is 8.02. The van der Waals surface area contributed by atoms with E-state index < -0.39 is 0 Å². The van der Waals surface area contributed by atoms with Gasteiger partial charge in [0.15, 0.2) is 23.0 Å². The number of hydrogen-bond donors (Lipinski definition) is 5. The van der Waals surface area contributed by atoms with Crippen LogP contribution in [0, 0.1) is 25.7 Å². The number of pyridine rings is 6. The summed E-state index contributed by atoms with van der Waals surface area (Å²) in [5.41, 5.74) is 22.0. The molecule has 111 heavy (non-hydrogen) atoms. The number of piperidine rings is 1. The maximum Gasteiger partial charge on any atom is 0.258 e. The Labute approximate surface area is 638 Å². The van der Waals surface area contributed by atoms with E-state index in [1.165, 1.54) is 0 Å². The van der Waals surface area contributed by atoms with E-state index in [9.17, 15) is 19.2 Å². The van der Waals surface area contributed by atoms with Crippen LogP contribution in [-0.2, 0) is 0 Å². The zero-order valence-corrected chi connectivity index (χ0v) is 62.8. The van der Waals surface area contributed by atoms with Crippen molar-refractivity contribution in [3.8, 4) is 68.0 Å². The Morgan fingerprint density at radius 1 is 0.396 bits per heavy atom. The summed E-state index contributed by atoms with van der Waals surface area (Å²) < 4.78 is 29.8. The number of fused-ring (bicyclic) bond motifs is 7. The second-order valence-corrected chi connectivity index (χ2v) is 28.5. The zero-order chi connectivity index (χ0) is 76.4. The largest absolute Gasteiger partial charge is 0.493 e. The van der Waals surface area contributed by atoms with Gasteiger partial charge in [0.05, 0.1) is 79.7 Å². The summed E-state index contributed by atoms with van der Waals surface area (Å²) >= 11 is 0. The average Bonchev–Trinajstić information content (AvgIpc) is 1.78. The first-order valence-corrected chi connectivity index (χ1v) is 37.5. The minimum atomic E-state index is -0.120. The van der Waals surface area contributed by atoms with Gasteiger partial charge in [-0.2, -0.15) is 0 Å². The van der Waals surface area contributed by atoms with Gasteiger partial charge in [-0.15, -0.1) is 0 Å². The van der Waals surface area contributed by atoms with Gasteiger partial charge in [-0.1, -0.05) is 0 Å². The molecular weight excluding hydrogens is 1410 g/mol. The number of piperazine rings is 2. The zero-order valence-electron chi connectivity index (χ0n) is 62.8. The molecule has 2 aromatic carbocycles. The van der Waals surface area contributed by atoms with E-state index in [0.29, 0.717) is 80.2 Å². The number of hydrogen-bond acceptors (Lipinski definition) is 22. The van der Waals surface area contributed by atoms with E-state index in [0.717, 1.165) is 178 Å². The maximum absolute atomic E-state index is 12.9. The molecule has 0 amide bonds. The first-order chi connectivity index (χ1) is 54.1. The van der Waals surface area contributed by atoms with Crippen molar-refractivity contribution in [3.05, 3.63) is 230 Å². The molecule has 19 rings (SSSR count). The molecule has 2 atom stereocenters. The molecule has 5 aliphatic heterocycles. The minimum absolute atomic E-state index is 0.0735. The molecule has 5 saturated heterocycles. The Balaban J connectivity index is 0.000000112. The Kier molecular flexibility index (Phi) is 20.7. The predicted molar refractivity (Wildman–Crippen MR) is 433 cm³/mol. The first kappa shape index (κ1) is 72.7. The maximum atomic E-state index is 12.9. The number of aromatic nitrogens is 12. The van der Waals surface area contributed by atoms with Gasteiger partial charge >= 0.3 is 0 Å². The summed E-state index contributed by atoms with van der Waals surface area (Å²) in [7, 11) is 6.36. The number of ether oxygens (including phenoxy) is 4. The third-order valence-electron chi connectivity index (χ3n) is 21.6. The quantitative estimate of drug-likeness (QED) is 0.0773. The van der Waals surface area contributed by atoms with E-state index in [2.05, 4.69) is 66.5 Å². The molecule has 6 N–H and O–H groups in total. The molecule has 5 aliphatic rings. The summed E-state index contributed by atoms with van der Waals surface area (Å²) in [6.07, 6.45) is 15.1. The molecule has 568 valence electrons. The molecule has 0 spiro atoms. The van der Waals surface area contributed by atoms with Crippen LogP contribution in [0.2, 0.25) is 0 Å². The van der Waals surface area contributed by atoms with E-state index in [4.69, 9.17) is 34.6 Å². The Morgan fingerprint density at radius 3 is 1.24 bits per heavy atom. The van der Waals surface area contributed by atoms with Crippen LogP contribution in [0.4, 0.5) is 22.7 Å². The number of aryl methyl sites for hydroxylation is 2. The average molecular weight is 1490 g/mol. The van der Waals surface area contributed by atoms with Gasteiger partial charge in [0, 0.05) is 199 Å². The molecule has 28 heteroatoms. The van der Waals surface area contributed by atoms with Crippen LogP contribution in [0.1, 0.15) is 24.2 Å². The highest BCUT2D eigenvalue weighted by atomic mass is 16.5. The molecule has 0 bridgehead atoms. The molecule has 0 unspecified atom stereocenters. The van der Waals surface area contributed by atoms with Gasteiger partial charge < -0.3 is 69.6 Å². The third kappa shape index (κ3) is 15.2. The molecule has 14 aromatic rings. The molecule has 5 fully saturated rings. The first-order valence-electron chi connectivity index (χ1n) is 37.5. The molecular formula is C83H88N20O8. The van der Waals surface area contributed by atoms with Crippen LogP contribution in [-0.4, -0.2) is 183 Å². The van der Waals surface area contributed by atoms with Crippen molar-refractivity contribution < 1.29 is 18.9 Å². The fourth-order valence-electron chi connectivity index (χ4n) is 15.3. The lowest BCUT2D eigenvalue weighted by Crippen LogP contribution is -2.43. The molecule has 0 radical (unpaired) electrons. The summed E-state index contributed by atoms with van der Waals surface area (Å²) in [5.74, 6) is 3.89. The van der Waals surface area contributed by atoms with Crippen LogP contribution in [0.15, 0.2) is 196 Å². The monoisotopic (exact) mass is 1490 g/mol. The van der Waals surface area contributed by atoms with Crippen molar-refractivity contribution in [2.24, 2.45) is 17.6 Å². The smallest absolute Gasteiger partial charge is 0.258 e. The molecule has 0 aliphatic carbocycles. The van der Waals surface area contributed by atoms with Crippen LogP contribution >= 0.6 is 0 Å². The molecule has 17 heterocycles. The summed E-state index contributed by atoms with van der Waals surface area (Å²) in [4.78, 5) is 91.1. The summed E-state index contributed by atoms with van der Waals surface area (Å²) in [6, 6.07) is 41.3. The van der Waals surface area contributed by atoms with Crippen LogP contribution < -0.4 is 82.5 Å². The number of nitrogens with zero attached hydrogens (tertiary/aromatic N) is 15. The summed E-state index contributed by atoms with van der Waals surface area (Å²) in [6.45, 7) is 17.7. The van der Waals surface area contributed by atoms with Crippen molar-refractivity contribution in [2.75, 3.05) is 140 Å². The highest BCUT2D eigenvalue weighted by Crippen LogP contribution is 2.35. The fourth-order valence-corrected chi connectivity index (χ4v) is 15.3. The topological polar surface area (TPSA) is 295 Å². The second-order valence-electron chi connectivity index (χ2n) is 28.5. The number of methoxy groups -OCH3 is 4. The second kappa shape index (κ2) is 31.6. The minimum Gasteiger partial charge on any atom is -0.493 e. The van der Waals surface area contributed by atoms with Gasteiger partial charge in [0.2, 0.25) is 0 Å². The highest BCUT2D eigenvalue weighted by molar-refractivity contribution is 5.81. The number of H-pyrrole nitrogens is 1. The lowest BCUT2D eigenvalue weighted by molar-refractivity contribution is 0.355. The van der Waals surface area contributed by atoms with Gasteiger partial charge in [-0.3, -0.25) is 36.8 Å². The van der Waals surface area contributed by atoms with Gasteiger partial charge in [0.25, 0.3) is 22.2 Å². The van der Waals surface area contributed by atoms with Crippen molar-refractivity contribution in [3.63, 3.8) is 0 Å².